The van der Waals surface area contributed by atoms with Gasteiger partial charge in [-0.15, -0.1) is 0 Å². The Bertz CT molecular complexity index is 519. The van der Waals surface area contributed by atoms with Crippen molar-refractivity contribution in [2.75, 3.05) is 6.54 Å². The predicted molar refractivity (Wildman–Crippen MR) is 80.6 cm³/mol. The first-order valence-electron chi connectivity index (χ1n) is 6.63. The van der Waals surface area contributed by atoms with Gasteiger partial charge in [0.15, 0.2) is 5.84 Å². The van der Waals surface area contributed by atoms with Gasteiger partial charge >= 0.3 is 0 Å². The number of amidine groups is 1. The minimum absolute atomic E-state index is 0.0133. The summed E-state index contributed by atoms with van der Waals surface area (Å²) in [6.45, 7) is 0.660. The topological polar surface area (TPSA) is 78.9 Å². The van der Waals surface area contributed by atoms with Crippen molar-refractivity contribution in [1.29, 1.82) is 0 Å². The summed E-state index contributed by atoms with van der Waals surface area (Å²) in [6, 6.07) is 7.40. The van der Waals surface area contributed by atoms with Gasteiger partial charge in [0.2, 0.25) is 5.91 Å². The first-order valence-corrected chi connectivity index (χ1v) is 7.42. The molecule has 1 aliphatic heterocycles. The van der Waals surface area contributed by atoms with Gasteiger partial charge in [-0.3, -0.25) is 4.79 Å². The van der Waals surface area contributed by atoms with Crippen molar-refractivity contribution in [1.82, 2.24) is 4.90 Å². The number of carbonyl (C=O) groups excluding carboxylic acids is 1. The van der Waals surface area contributed by atoms with E-state index in [0.29, 0.717) is 13.0 Å². The van der Waals surface area contributed by atoms with Crippen LogP contribution in [-0.2, 0) is 11.2 Å². The zero-order chi connectivity index (χ0) is 14.5. The number of hydrogen-bond donors (Lipinski definition) is 2. The van der Waals surface area contributed by atoms with Crippen LogP contribution < -0.4 is 5.73 Å². The summed E-state index contributed by atoms with van der Waals surface area (Å²) < 4.78 is 0.953. The molecule has 6 heteroatoms. The lowest BCUT2D eigenvalue weighted by Crippen LogP contribution is -2.51. The number of hydrogen-bond acceptors (Lipinski definition) is 3. The lowest BCUT2D eigenvalue weighted by atomic mass is 10.00. The van der Waals surface area contributed by atoms with Gasteiger partial charge in [0.05, 0.1) is 12.5 Å². The van der Waals surface area contributed by atoms with E-state index in [0.717, 1.165) is 29.3 Å². The maximum absolute atomic E-state index is 12.4. The average Bonchev–Trinajstić information content (AvgIpc) is 2.46. The number of carbonyl (C=O) groups is 1. The minimum Gasteiger partial charge on any atom is -0.409 e. The second-order valence-corrected chi connectivity index (χ2v) is 5.85. The van der Waals surface area contributed by atoms with Gasteiger partial charge in [-0.25, -0.2) is 0 Å². The van der Waals surface area contributed by atoms with E-state index in [2.05, 4.69) is 21.1 Å². The molecule has 0 aliphatic carbocycles. The van der Waals surface area contributed by atoms with E-state index in [1.807, 2.05) is 24.3 Å². The fourth-order valence-electron chi connectivity index (χ4n) is 2.53. The number of benzene rings is 1. The van der Waals surface area contributed by atoms with Crippen molar-refractivity contribution in [3.63, 3.8) is 0 Å². The highest BCUT2D eigenvalue weighted by atomic mass is 79.9. The monoisotopic (exact) mass is 339 g/mol. The zero-order valence-electron chi connectivity index (χ0n) is 11.1. The molecule has 1 aliphatic rings. The van der Waals surface area contributed by atoms with Crippen molar-refractivity contribution in [2.24, 2.45) is 10.9 Å². The molecule has 1 atom stereocenters. The van der Waals surface area contributed by atoms with Crippen LogP contribution in [0.4, 0.5) is 0 Å². The van der Waals surface area contributed by atoms with Gasteiger partial charge in [0.1, 0.15) is 0 Å². The molecule has 0 bridgehead atoms. The summed E-state index contributed by atoms with van der Waals surface area (Å²) in [5, 5.41) is 11.9. The second-order valence-electron chi connectivity index (χ2n) is 4.93. The van der Waals surface area contributed by atoms with Gasteiger partial charge in [-0.2, -0.15) is 0 Å². The van der Waals surface area contributed by atoms with Crippen LogP contribution in [0.2, 0.25) is 0 Å². The Morgan fingerprint density at radius 3 is 3.00 bits per heavy atom. The molecular formula is C14H18BrN3O2. The van der Waals surface area contributed by atoms with E-state index in [1.165, 1.54) is 0 Å². The molecule has 1 amide bonds. The summed E-state index contributed by atoms with van der Waals surface area (Å²) >= 11 is 3.40. The van der Waals surface area contributed by atoms with Gasteiger partial charge in [-0.05, 0) is 37.0 Å². The highest BCUT2D eigenvalue weighted by molar-refractivity contribution is 9.10. The summed E-state index contributed by atoms with van der Waals surface area (Å²) in [5.41, 5.74) is 6.64. The molecule has 1 aromatic carbocycles. The van der Waals surface area contributed by atoms with Crippen LogP contribution in [0, 0.1) is 0 Å². The minimum atomic E-state index is -0.284. The van der Waals surface area contributed by atoms with Crippen LogP contribution in [-0.4, -0.2) is 34.4 Å². The molecule has 20 heavy (non-hydrogen) atoms. The summed E-state index contributed by atoms with van der Waals surface area (Å²) in [6.07, 6.45) is 3.02. The smallest absolute Gasteiger partial charge is 0.227 e. The van der Waals surface area contributed by atoms with Gasteiger partial charge < -0.3 is 15.8 Å². The van der Waals surface area contributed by atoms with Gasteiger partial charge in [-0.1, -0.05) is 33.2 Å². The maximum atomic E-state index is 12.4. The highest BCUT2D eigenvalue weighted by Crippen LogP contribution is 2.19. The normalized spacial score (nSPS) is 19.9. The Balaban J connectivity index is 2.10. The summed E-state index contributed by atoms with van der Waals surface area (Å²) in [4.78, 5) is 14.1. The van der Waals surface area contributed by atoms with Crippen LogP contribution >= 0.6 is 15.9 Å². The number of likely N-dealkylation sites (tertiary alicyclic amines) is 1. The average molecular weight is 340 g/mol. The molecule has 5 nitrogen and oxygen atoms in total. The van der Waals surface area contributed by atoms with Crippen LogP contribution in [0.5, 0.6) is 0 Å². The van der Waals surface area contributed by atoms with E-state index < -0.39 is 0 Å². The number of nitrogens with two attached hydrogens (primary N) is 1. The SMILES string of the molecule is NC(=NO)C1CCCCN1C(=O)Cc1cccc(Br)c1. The van der Waals surface area contributed by atoms with Crippen molar-refractivity contribution < 1.29 is 10.0 Å². The first kappa shape index (κ1) is 14.8. The van der Waals surface area contributed by atoms with Crippen LogP contribution in [0.3, 0.4) is 0 Å². The Kier molecular flexibility index (Phi) is 5.00. The van der Waals surface area contributed by atoms with Crippen LogP contribution in [0.25, 0.3) is 0 Å². The third-order valence-corrected chi connectivity index (χ3v) is 4.02. The molecule has 1 unspecified atom stereocenters. The van der Waals surface area contributed by atoms with Crippen molar-refractivity contribution in [3.8, 4) is 0 Å². The molecule has 1 heterocycles. The fourth-order valence-corrected chi connectivity index (χ4v) is 2.97. The van der Waals surface area contributed by atoms with E-state index in [1.54, 1.807) is 4.90 Å². The van der Waals surface area contributed by atoms with E-state index in [9.17, 15) is 4.79 Å². The Labute approximate surface area is 126 Å². The molecule has 0 radical (unpaired) electrons. The summed E-state index contributed by atoms with van der Waals surface area (Å²) in [7, 11) is 0. The van der Waals surface area contributed by atoms with Crippen LogP contribution in [0.1, 0.15) is 24.8 Å². The number of amides is 1. The Morgan fingerprint density at radius 1 is 1.50 bits per heavy atom. The first-order chi connectivity index (χ1) is 9.61. The zero-order valence-corrected chi connectivity index (χ0v) is 12.7. The number of rotatable bonds is 3. The predicted octanol–water partition coefficient (Wildman–Crippen LogP) is 2.12. The number of piperidine rings is 1. The molecule has 1 aromatic rings. The largest absolute Gasteiger partial charge is 0.409 e. The second kappa shape index (κ2) is 6.74. The molecule has 0 spiro atoms. The molecule has 0 saturated carbocycles. The number of nitrogens with zero attached hydrogens (tertiary/aromatic N) is 2. The standard InChI is InChI=1S/C14H18BrN3O2/c15-11-5-3-4-10(8-11)9-13(19)18-7-2-1-6-12(18)14(16)17-20/h3-5,8,12,20H,1-2,6-7,9H2,(H2,16,17). The molecule has 1 fully saturated rings. The fraction of sp³-hybridized carbons (Fsp3) is 0.429. The molecular weight excluding hydrogens is 322 g/mol. The third kappa shape index (κ3) is 3.50. The van der Waals surface area contributed by atoms with Gasteiger partial charge in [0.25, 0.3) is 0 Å². The molecule has 0 aromatic heterocycles. The number of halogens is 1. The molecule has 2 rings (SSSR count). The molecule has 108 valence electrons. The highest BCUT2D eigenvalue weighted by Gasteiger charge is 2.29. The van der Waals surface area contributed by atoms with Crippen LogP contribution in [0.15, 0.2) is 33.9 Å². The lowest BCUT2D eigenvalue weighted by Gasteiger charge is -2.34. The Hall–Kier alpha value is -1.56. The number of oxime groups is 1. The molecule has 1 saturated heterocycles. The van der Waals surface area contributed by atoms with Crippen molar-refractivity contribution in [3.05, 3.63) is 34.3 Å². The third-order valence-electron chi connectivity index (χ3n) is 3.52. The van der Waals surface area contributed by atoms with E-state index in [-0.39, 0.29) is 17.8 Å². The summed E-state index contributed by atoms with van der Waals surface area (Å²) in [5.74, 6) is 0.131. The maximum Gasteiger partial charge on any atom is 0.227 e. The molecule has 3 N–H and O–H groups in total. The van der Waals surface area contributed by atoms with Gasteiger partial charge in [0, 0.05) is 11.0 Å². The van der Waals surface area contributed by atoms with Crippen molar-refractivity contribution >= 4 is 27.7 Å². The Morgan fingerprint density at radius 2 is 2.30 bits per heavy atom. The lowest BCUT2D eigenvalue weighted by molar-refractivity contribution is -0.132. The quantitative estimate of drug-likeness (QED) is 0.383. The van der Waals surface area contributed by atoms with E-state index >= 15 is 0 Å². The van der Waals surface area contributed by atoms with E-state index in [4.69, 9.17) is 10.9 Å². The van der Waals surface area contributed by atoms with Crippen molar-refractivity contribution in [2.45, 2.75) is 31.7 Å².